The second-order valence-electron chi connectivity index (χ2n) is 8.55. The number of aryl methyl sites for hydroxylation is 1. The van der Waals surface area contributed by atoms with Crippen LogP contribution in [-0.2, 0) is 4.79 Å². The summed E-state index contributed by atoms with van der Waals surface area (Å²) in [6, 6.07) is 23.2. The Morgan fingerprint density at radius 1 is 1.03 bits per heavy atom. The molecular formula is C29H26ClN3O4. The van der Waals surface area contributed by atoms with Gasteiger partial charge in [0.1, 0.15) is 11.5 Å². The van der Waals surface area contributed by atoms with Crippen LogP contribution in [0.1, 0.15) is 40.0 Å². The van der Waals surface area contributed by atoms with Crippen molar-refractivity contribution in [1.82, 2.24) is 10.7 Å². The molecule has 0 heterocycles. The molecule has 0 saturated heterocycles. The molecule has 4 aromatic rings. The fourth-order valence-corrected chi connectivity index (χ4v) is 3.95. The standard InChI is InChI=1S/C29H26ClN3O4/c1-18-7-9-20(10-8-18)19(2)32-28(35)17-37-27-14-12-22(23-5-3-4-6-24(23)27)16-31-33-29(36)21-11-13-26(34)25(30)15-21/h3-16,19,34H,17H2,1-2H3,(H,32,35)(H,33,36)/t19-/m0/s1. The zero-order valence-electron chi connectivity index (χ0n) is 20.4. The van der Waals surface area contributed by atoms with Gasteiger partial charge in [0.15, 0.2) is 6.61 Å². The highest BCUT2D eigenvalue weighted by molar-refractivity contribution is 6.32. The lowest BCUT2D eigenvalue weighted by Gasteiger charge is -2.16. The largest absolute Gasteiger partial charge is 0.506 e. The number of hydrazone groups is 1. The number of carbonyl (C=O) groups excluding carboxylic acids is 2. The zero-order chi connectivity index (χ0) is 26.4. The van der Waals surface area contributed by atoms with Gasteiger partial charge in [0.2, 0.25) is 0 Å². The molecule has 0 radical (unpaired) electrons. The average Bonchev–Trinajstić information content (AvgIpc) is 2.89. The highest BCUT2D eigenvalue weighted by atomic mass is 35.5. The third kappa shape index (κ3) is 6.45. The molecule has 0 fully saturated rings. The Balaban J connectivity index is 1.41. The van der Waals surface area contributed by atoms with Crippen LogP contribution in [0.4, 0.5) is 0 Å². The number of phenolic OH excluding ortho intramolecular Hbond substituents is 1. The Hall–Kier alpha value is -4.36. The summed E-state index contributed by atoms with van der Waals surface area (Å²) in [7, 11) is 0. The molecule has 3 N–H and O–H groups in total. The second-order valence-corrected chi connectivity index (χ2v) is 8.96. The van der Waals surface area contributed by atoms with Crippen LogP contribution < -0.4 is 15.5 Å². The SMILES string of the molecule is Cc1ccc([C@H](C)NC(=O)COc2ccc(C=NNC(=O)c3ccc(O)c(Cl)c3)c3ccccc23)cc1. The number of aromatic hydroxyl groups is 1. The topological polar surface area (TPSA) is 100 Å². The number of rotatable bonds is 8. The van der Waals surface area contributed by atoms with Gasteiger partial charge in [0, 0.05) is 16.5 Å². The smallest absolute Gasteiger partial charge is 0.271 e. The molecule has 0 saturated carbocycles. The summed E-state index contributed by atoms with van der Waals surface area (Å²) < 4.78 is 5.85. The van der Waals surface area contributed by atoms with Crippen molar-refractivity contribution in [2.75, 3.05) is 6.61 Å². The number of nitrogens with one attached hydrogen (secondary N) is 2. The summed E-state index contributed by atoms with van der Waals surface area (Å²) in [4.78, 5) is 24.8. The van der Waals surface area contributed by atoms with Crippen molar-refractivity contribution >= 4 is 40.4 Å². The van der Waals surface area contributed by atoms with Crippen molar-refractivity contribution in [3.63, 3.8) is 0 Å². The van der Waals surface area contributed by atoms with Crippen molar-refractivity contribution in [3.8, 4) is 11.5 Å². The highest BCUT2D eigenvalue weighted by Crippen LogP contribution is 2.28. The lowest BCUT2D eigenvalue weighted by Crippen LogP contribution is -2.31. The number of fused-ring (bicyclic) bond motifs is 1. The van der Waals surface area contributed by atoms with Gasteiger partial charge in [-0.2, -0.15) is 5.10 Å². The summed E-state index contributed by atoms with van der Waals surface area (Å²) in [6.07, 6.45) is 1.53. The Kier molecular flexibility index (Phi) is 8.05. The van der Waals surface area contributed by atoms with Crippen LogP contribution in [0.15, 0.2) is 84.0 Å². The van der Waals surface area contributed by atoms with E-state index in [4.69, 9.17) is 16.3 Å². The van der Waals surface area contributed by atoms with Crippen LogP contribution in [0.3, 0.4) is 0 Å². The van der Waals surface area contributed by atoms with E-state index >= 15 is 0 Å². The predicted octanol–water partition coefficient (Wildman–Crippen LogP) is 5.53. The predicted molar refractivity (Wildman–Crippen MR) is 145 cm³/mol. The van der Waals surface area contributed by atoms with E-state index in [1.165, 1.54) is 24.4 Å². The van der Waals surface area contributed by atoms with E-state index < -0.39 is 5.91 Å². The molecule has 2 amide bonds. The number of amides is 2. The molecule has 0 aromatic heterocycles. The van der Waals surface area contributed by atoms with E-state index in [1.807, 2.05) is 62.4 Å². The Labute approximate surface area is 219 Å². The maximum absolute atomic E-state index is 12.5. The number of nitrogens with zero attached hydrogens (tertiary/aromatic N) is 1. The van der Waals surface area contributed by atoms with Crippen molar-refractivity contribution in [2.45, 2.75) is 19.9 Å². The highest BCUT2D eigenvalue weighted by Gasteiger charge is 2.12. The van der Waals surface area contributed by atoms with Crippen molar-refractivity contribution in [3.05, 3.63) is 106 Å². The minimum atomic E-state index is -0.465. The molecule has 188 valence electrons. The second kappa shape index (κ2) is 11.6. The number of hydrogen-bond donors (Lipinski definition) is 3. The maximum Gasteiger partial charge on any atom is 0.271 e. The Morgan fingerprint density at radius 2 is 1.76 bits per heavy atom. The number of phenols is 1. The molecule has 0 aliphatic carbocycles. The molecule has 0 unspecified atom stereocenters. The first-order valence-electron chi connectivity index (χ1n) is 11.6. The summed E-state index contributed by atoms with van der Waals surface area (Å²) in [5, 5.41) is 18.3. The lowest BCUT2D eigenvalue weighted by atomic mass is 10.0. The first-order chi connectivity index (χ1) is 17.8. The fraction of sp³-hybridized carbons (Fsp3) is 0.138. The lowest BCUT2D eigenvalue weighted by molar-refractivity contribution is -0.123. The molecule has 4 rings (SSSR count). The maximum atomic E-state index is 12.5. The normalized spacial score (nSPS) is 11.9. The molecule has 0 aliphatic rings. The van der Waals surface area contributed by atoms with Crippen molar-refractivity contribution in [2.24, 2.45) is 5.10 Å². The third-order valence-electron chi connectivity index (χ3n) is 5.81. The van der Waals surface area contributed by atoms with Crippen LogP contribution >= 0.6 is 11.6 Å². The van der Waals surface area contributed by atoms with E-state index in [2.05, 4.69) is 15.8 Å². The fourth-order valence-electron chi connectivity index (χ4n) is 3.77. The number of ether oxygens (including phenoxy) is 1. The van der Waals surface area contributed by atoms with Gasteiger partial charge < -0.3 is 15.2 Å². The zero-order valence-corrected chi connectivity index (χ0v) is 21.1. The number of carbonyl (C=O) groups is 2. The number of halogens is 1. The van der Waals surface area contributed by atoms with Crippen molar-refractivity contribution in [1.29, 1.82) is 0 Å². The van der Waals surface area contributed by atoms with Gasteiger partial charge in [0.25, 0.3) is 11.8 Å². The van der Waals surface area contributed by atoms with E-state index in [-0.39, 0.29) is 34.9 Å². The molecule has 1 atom stereocenters. The summed E-state index contributed by atoms with van der Waals surface area (Å²) in [5.41, 5.74) is 5.66. The molecular weight excluding hydrogens is 490 g/mol. The van der Waals surface area contributed by atoms with Crippen LogP contribution in [-0.4, -0.2) is 29.7 Å². The molecule has 7 nitrogen and oxygen atoms in total. The average molecular weight is 516 g/mol. The van der Waals surface area contributed by atoms with Gasteiger partial charge in [-0.1, -0.05) is 65.7 Å². The van der Waals surface area contributed by atoms with Gasteiger partial charge in [0.05, 0.1) is 17.3 Å². The first kappa shape index (κ1) is 25.7. The minimum absolute atomic E-state index is 0.0801. The van der Waals surface area contributed by atoms with Crippen molar-refractivity contribution < 1.29 is 19.4 Å². The summed E-state index contributed by atoms with van der Waals surface area (Å²) >= 11 is 5.87. The van der Waals surface area contributed by atoms with Crippen LogP contribution in [0.5, 0.6) is 11.5 Å². The van der Waals surface area contributed by atoms with E-state index in [0.29, 0.717) is 5.75 Å². The van der Waals surface area contributed by atoms with Crippen LogP contribution in [0, 0.1) is 6.92 Å². The Bertz CT molecular complexity index is 1470. The summed E-state index contributed by atoms with van der Waals surface area (Å²) in [5.74, 6) is -0.226. The minimum Gasteiger partial charge on any atom is -0.506 e. The van der Waals surface area contributed by atoms with Gasteiger partial charge in [-0.3, -0.25) is 9.59 Å². The van der Waals surface area contributed by atoms with E-state index in [1.54, 1.807) is 12.1 Å². The van der Waals surface area contributed by atoms with Gasteiger partial charge in [-0.05, 0) is 55.1 Å². The molecule has 37 heavy (non-hydrogen) atoms. The molecule has 0 spiro atoms. The molecule has 0 aliphatic heterocycles. The molecule has 0 bridgehead atoms. The van der Waals surface area contributed by atoms with Gasteiger partial charge in [-0.25, -0.2) is 5.43 Å². The molecule has 8 heteroatoms. The monoisotopic (exact) mass is 515 g/mol. The van der Waals surface area contributed by atoms with Crippen LogP contribution in [0.2, 0.25) is 5.02 Å². The van der Waals surface area contributed by atoms with Crippen LogP contribution in [0.25, 0.3) is 10.8 Å². The molecule has 4 aromatic carbocycles. The number of benzene rings is 4. The Morgan fingerprint density at radius 3 is 2.49 bits per heavy atom. The van der Waals surface area contributed by atoms with Gasteiger partial charge >= 0.3 is 0 Å². The number of hydrogen-bond acceptors (Lipinski definition) is 5. The third-order valence-corrected chi connectivity index (χ3v) is 6.11. The van der Waals surface area contributed by atoms with E-state index in [9.17, 15) is 14.7 Å². The summed E-state index contributed by atoms with van der Waals surface area (Å²) in [6.45, 7) is 3.83. The first-order valence-corrected chi connectivity index (χ1v) is 12.0. The van der Waals surface area contributed by atoms with Gasteiger partial charge in [-0.15, -0.1) is 0 Å². The quantitative estimate of drug-likeness (QED) is 0.212. The van der Waals surface area contributed by atoms with E-state index in [0.717, 1.165) is 27.5 Å².